The highest BCUT2D eigenvalue weighted by molar-refractivity contribution is 6.30. The number of halogens is 8. The van der Waals surface area contributed by atoms with Gasteiger partial charge in [-0.05, 0) is 49.4 Å². The van der Waals surface area contributed by atoms with E-state index in [1.165, 1.54) is 47.1 Å². The highest BCUT2D eigenvalue weighted by Gasteiger charge is 2.39. The summed E-state index contributed by atoms with van der Waals surface area (Å²) in [4.78, 5) is 26.3. The smallest absolute Gasteiger partial charge is 0.475 e. The largest absolute Gasteiger partial charge is 0.490 e. The van der Waals surface area contributed by atoms with Crippen LogP contribution in [0.25, 0.3) is 17.1 Å². The van der Waals surface area contributed by atoms with Crippen LogP contribution in [0.5, 0.6) is 0 Å². The van der Waals surface area contributed by atoms with Gasteiger partial charge < -0.3 is 15.9 Å². The quantitative estimate of drug-likeness (QED) is 0.259. The number of alkyl halides is 6. The normalized spacial score (nSPS) is 13.3. The molecule has 2 atom stereocenters. The maximum atomic E-state index is 13.8. The lowest BCUT2D eigenvalue weighted by Crippen LogP contribution is -2.37. The number of hydrogen-bond acceptors (Lipinski definition) is 7. The van der Waals surface area contributed by atoms with Crippen molar-refractivity contribution in [1.82, 2.24) is 29.1 Å². The van der Waals surface area contributed by atoms with Crippen molar-refractivity contribution in [3.63, 3.8) is 0 Å². The zero-order valence-corrected chi connectivity index (χ0v) is 22.4. The number of nitrogens with two attached hydrogens (primary N) is 1. The molecule has 1 unspecified atom stereocenters. The standard InChI is InChI=1S/C22H20ClF4N7O2.C2HF3O2/c1-12(28)19-29-18(30-34(19)16-4-2-3-15(24)9-16)11-33-21(36)32(10-17(35)22(25,26)27)20(31-33)13-5-7-14(23)8-6-13;3-2(4,5)1(6)7/h2-9,12,17,35H,10-11,28H2,1H3;(H,6,7)/t12?,17-;/m0./s1. The van der Waals surface area contributed by atoms with E-state index in [-0.39, 0.29) is 24.0 Å². The van der Waals surface area contributed by atoms with Gasteiger partial charge in [0, 0.05) is 10.6 Å². The van der Waals surface area contributed by atoms with Gasteiger partial charge in [0.1, 0.15) is 18.2 Å². The second-order valence-electron chi connectivity index (χ2n) is 8.81. The highest BCUT2D eigenvalue weighted by Crippen LogP contribution is 2.24. The van der Waals surface area contributed by atoms with Crippen molar-refractivity contribution >= 4 is 17.6 Å². The zero-order chi connectivity index (χ0) is 32.3. The van der Waals surface area contributed by atoms with Crippen molar-refractivity contribution in [2.24, 2.45) is 5.73 Å². The third kappa shape index (κ3) is 8.39. The number of aliphatic hydroxyl groups is 1. The van der Waals surface area contributed by atoms with E-state index in [2.05, 4.69) is 15.2 Å². The van der Waals surface area contributed by atoms with Crippen molar-refractivity contribution < 1.29 is 45.7 Å². The van der Waals surface area contributed by atoms with Crippen LogP contribution in [0.3, 0.4) is 0 Å². The van der Waals surface area contributed by atoms with Gasteiger partial charge in [-0.3, -0.25) is 4.57 Å². The maximum absolute atomic E-state index is 13.8. The number of carbonyl (C=O) groups is 1. The lowest BCUT2D eigenvalue weighted by molar-refractivity contribution is -0.207. The average molecular weight is 640 g/mol. The Bertz CT molecular complexity index is 1630. The molecule has 0 bridgehead atoms. The van der Waals surface area contributed by atoms with Crippen LogP contribution in [0.1, 0.15) is 24.6 Å². The topological polar surface area (TPSA) is 154 Å². The van der Waals surface area contributed by atoms with E-state index in [1.807, 2.05) is 0 Å². The summed E-state index contributed by atoms with van der Waals surface area (Å²) < 4.78 is 87.6. The SMILES string of the molecule is CC(N)c1nc(Cn2nc(-c3ccc(Cl)cc3)n(C[C@H](O)C(F)(F)F)c2=O)nn1-c1cccc(F)c1.O=C(O)C(F)(F)F. The van der Waals surface area contributed by atoms with Crippen LogP contribution in [0.15, 0.2) is 53.3 Å². The van der Waals surface area contributed by atoms with E-state index >= 15 is 0 Å². The molecule has 11 nitrogen and oxygen atoms in total. The fourth-order valence-electron chi connectivity index (χ4n) is 3.46. The number of benzene rings is 2. The van der Waals surface area contributed by atoms with Crippen molar-refractivity contribution in [2.45, 2.75) is 44.5 Å². The van der Waals surface area contributed by atoms with Crippen molar-refractivity contribution in [2.75, 3.05) is 0 Å². The fraction of sp³-hybridized carbons (Fsp3) is 0.292. The summed E-state index contributed by atoms with van der Waals surface area (Å²) in [5, 5.41) is 25.6. The zero-order valence-electron chi connectivity index (χ0n) is 21.7. The van der Waals surface area contributed by atoms with Gasteiger partial charge >= 0.3 is 24.0 Å². The van der Waals surface area contributed by atoms with Gasteiger partial charge in [0.15, 0.2) is 17.8 Å². The first-order chi connectivity index (χ1) is 19.9. The van der Waals surface area contributed by atoms with E-state index in [0.29, 0.717) is 16.3 Å². The molecule has 2 aromatic carbocycles. The number of aliphatic carboxylic acids is 1. The first-order valence-electron chi connectivity index (χ1n) is 11.8. The molecule has 0 aliphatic carbocycles. The van der Waals surface area contributed by atoms with Gasteiger partial charge in [0.25, 0.3) is 0 Å². The van der Waals surface area contributed by atoms with Gasteiger partial charge in [0.2, 0.25) is 0 Å². The molecule has 0 fully saturated rings. The minimum atomic E-state index is -5.08. The van der Waals surface area contributed by atoms with Gasteiger partial charge in [0.05, 0.1) is 18.3 Å². The molecule has 19 heteroatoms. The third-order valence-corrected chi connectivity index (χ3v) is 5.68. The predicted octanol–water partition coefficient (Wildman–Crippen LogP) is 3.71. The minimum Gasteiger partial charge on any atom is -0.475 e. The van der Waals surface area contributed by atoms with Gasteiger partial charge in [-0.2, -0.15) is 26.3 Å². The molecule has 4 N–H and O–H groups in total. The van der Waals surface area contributed by atoms with Gasteiger partial charge in [-0.15, -0.1) is 10.2 Å². The maximum Gasteiger partial charge on any atom is 0.490 e. The van der Waals surface area contributed by atoms with Crippen molar-refractivity contribution in [3.8, 4) is 17.1 Å². The lowest BCUT2D eigenvalue weighted by atomic mass is 10.2. The molecule has 0 saturated carbocycles. The fourth-order valence-corrected chi connectivity index (χ4v) is 3.59. The molecule has 2 heterocycles. The number of aliphatic hydroxyl groups excluding tert-OH is 1. The summed E-state index contributed by atoms with van der Waals surface area (Å²) in [5.74, 6) is -3.04. The number of carboxylic acids is 1. The Labute approximate surface area is 241 Å². The van der Waals surface area contributed by atoms with Crippen molar-refractivity contribution in [1.29, 1.82) is 0 Å². The predicted molar refractivity (Wildman–Crippen MR) is 136 cm³/mol. The van der Waals surface area contributed by atoms with E-state index in [1.54, 1.807) is 13.0 Å². The third-order valence-electron chi connectivity index (χ3n) is 5.43. The average Bonchev–Trinajstić information content (AvgIpc) is 3.46. The number of hydrogen-bond donors (Lipinski definition) is 3. The summed E-state index contributed by atoms with van der Waals surface area (Å²) in [5.41, 5.74) is 5.71. The molecule has 0 amide bonds. The van der Waals surface area contributed by atoms with Crippen LogP contribution in [-0.2, 0) is 17.9 Å². The van der Waals surface area contributed by atoms with Gasteiger partial charge in [-0.1, -0.05) is 17.7 Å². The summed E-state index contributed by atoms with van der Waals surface area (Å²) >= 11 is 5.89. The first-order valence-corrected chi connectivity index (χ1v) is 12.2. The van der Waals surface area contributed by atoms with Crippen molar-refractivity contribution in [3.05, 3.63) is 81.5 Å². The molecule has 4 rings (SSSR count). The van der Waals surface area contributed by atoms with Gasteiger partial charge in [-0.25, -0.2) is 28.3 Å². The number of nitrogens with zero attached hydrogens (tertiary/aromatic N) is 6. The second kappa shape index (κ2) is 12.9. The molecule has 232 valence electrons. The number of aromatic nitrogens is 6. The van der Waals surface area contributed by atoms with Crippen LogP contribution in [0.4, 0.5) is 30.7 Å². The van der Waals surface area contributed by atoms with E-state index in [0.717, 1.165) is 9.25 Å². The van der Waals surface area contributed by atoms with Crippen LogP contribution in [-0.4, -0.2) is 63.8 Å². The monoisotopic (exact) mass is 639 g/mol. The molecule has 0 spiro atoms. The molecule has 43 heavy (non-hydrogen) atoms. The lowest BCUT2D eigenvalue weighted by Gasteiger charge is -2.15. The first kappa shape index (κ1) is 33.2. The molecule has 0 aliphatic heterocycles. The van der Waals surface area contributed by atoms with E-state index in [9.17, 15) is 40.6 Å². The number of carboxylic acid groups (broad SMARTS) is 1. The molecule has 0 radical (unpaired) electrons. The summed E-state index contributed by atoms with van der Waals surface area (Å²) in [6, 6.07) is 10.9. The molecule has 2 aromatic heterocycles. The molecule has 4 aromatic rings. The van der Waals surface area contributed by atoms with E-state index < -0.39 is 48.5 Å². The summed E-state index contributed by atoms with van der Waals surface area (Å²) in [6.45, 7) is 0.245. The minimum absolute atomic E-state index is 0.0670. The Morgan fingerprint density at radius 1 is 1.07 bits per heavy atom. The Hall–Kier alpha value is -4.29. The van der Waals surface area contributed by atoms with Crippen LogP contribution < -0.4 is 11.4 Å². The molecule has 0 saturated heterocycles. The van der Waals surface area contributed by atoms with Crippen LogP contribution in [0, 0.1) is 5.82 Å². The Morgan fingerprint density at radius 3 is 2.19 bits per heavy atom. The Morgan fingerprint density at radius 2 is 1.67 bits per heavy atom. The summed E-state index contributed by atoms with van der Waals surface area (Å²) in [6.07, 6.45) is -12.8. The number of rotatable bonds is 7. The van der Waals surface area contributed by atoms with Crippen LogP contribution in [0.2, 0.25) is 5.02 Å². The van der Waals surface area contributed by atoms with E-state index in [4.69, 9.17) is 27.2 Å². The highest BCUT2D eigenvalue weighted by atomic mass is 35.5. The van der Waals surface area contributed by atoms with Crippen LogP contribution >= 0.6 is 11.6 Å². The second-order valence-corrected chi connectivity index (χ2v) is 9.24. The Balaban J connectivity index is 0.000000646. The molecular weight excluding hydrogens is 619 g/mol. The summed E-state index contributed by atoms with van der Waals surface area (Å²) in [7, 11) is 0. The molecular formula is C24H21ClF7N7O4. The molecule has 0 aliphatic rings. The Kier molecular flexibility index (Phi) is 9.98.